The van der Waals surface area contributed by atoms with E-state index in [0.29, 0.717) is 31.9 Å². The molecule has 0 radical (unpaired) electrons. The molecule has 2 aliphatic rings. The molecule has 0 bridgehead atoms. The number of hydrogen-bond acceptors (Lipinski definition) is 4. The highest BCUT2D eigenvalue weighted by Crippen LogP contribution is 2.50. The van der Waals surface area contributed by atoms with Gasteiger partial charge in [0.1, 0.15) is 0 Å². The fraction of sp³-hybridized carbons (Fsp3) is 0.500. The second-order valence-electron chi connectivity index (χ2n) is 4.58. The lowest BCUT2D eigenvalue weighted by molar-refractivity contribution is -0.391. The Morgan fingerprint density at radius 2 is 1.62 bits per heavy atom. The van der Waals surface area contributed by atoms with Crippen LogP contribution in [-0.2, 0) is 0 Å². The molecular weight excluding hydrogens is 316 g/mol. The van der Waals surface area contributed by atoms with Crippen LogP contribution in [0.15, 0.2) is 18.2 Å². The summed E-state index contributed by atoms with van der Waals surface area (Å²) in [6.45, 7) is 2.50. The minimum atomic E-state index is -4.69. The molecule has 0 atom stereocenters. The summed E-state index contributed by atoms with van der Waals surface area (Å²) < 4.78 is 61.2. The van der Waals surface area contributed by atoms with Gasteiger partial charge in [0.05, 0.1) is 5.69 Å². The van der Waals surface area contributed by atoms with Gasteiger partial charge in [-0.1, -0.05) is 6.07 Å². The summed E-state index contributed by atoms with van der Waals surface area (Å²) in [4.78, 5) is 1.79. The van der Waals surface area contributed by atoms with E-state index in [-0.39, 0.29) is 23.9 Å². The van der Waals surface area contributed by atoms with Crippen LogP contribution in [0.3, 0.4) is 0 Å². The van der Waals surface area contributed by atoms with E-state index in [1.54, 1.807) is 11.0 Å². The molecule has 1 aromatic carbocycles. The van der Waals surface area contributed by atoms with E-state index in [0.717, 1.165) is 0 Å². The Morgan fingerprint density at radius 1 is 1.00 bits per heavy atom. The van der Waals surface area contributed by atoms with Gasteiger partial charge < -0.3 is 19.7 Å². The van der Waals surface area contributed by atoms with Crippen molar-refractivity contribution in [1.82, 2.24) is 5.32 Å². The molecule has 0 unspecified atom stereocenters. The molecule has 21 heavy (non-hydrogen) atoms. The summed E-state index contributed by atoms with van der Waals surface area (Å²) in [7, 11) is 0. The van der Waals surface area contributed by atoms with Crippen molar-refractivity contribution in [2.75, 3.05) is 31.1 Å². The molecule has 0 spiro atoms. The maximum absolute atomic E-state index is 13.3. The predicted octanol–water partition coefficient (Wildman–Crippen LogP) is 2.47. The topological polar surface area (TPSA) is 33.7 Å². The first-order chi connectivity index (χ1) is 9.41. The summed E-state index contributed by atoms with van der Waals surface area (Å²) in [5, 5.41) is 3.11. The van der Waals surface area contributed by atoms with Gasteiger partial charge in [-0.3, -0.25) is 0 Å². The number of para-hydroxylation sites is 1. The van der Waals surface area contributed by atoms with E-state index >= 15 is 0 Å². The maximum atomic E-state index is 13.3. The van der Waals surface area contributed by atoms with Gasteiger partial charge in [-0.25, -0.2) is 0 Å². The molecule has 9 heteroatoms. The highest BCUT2D eigenvalue weighted by Gasteiger charge is 2.66. The van der Waals surface area contributed by atoms with E-state index in [1.165, 1.54) is 12.1 Å². The molecule has 4 nitrogen and oxygen atoms in total. The molecule has 1 aromatic rings. The largest absolute Gasteiger partial charge is 0.507 e. The van der Waals surface area contributed by atoms with Crippen LogP contribution in [0.4, 0.5) is 23.2 Å². The molecular formula is C12H13ClF4N2O2. The van der Waals surface area contributed by atoms with Crippen LogP contribution in [0, 0.1) is 0 Å². The first-order valence-electron chi connectivity index (χ1n) is 6.13. The minimum Gasteiger partial charge on any atom is -0.421 e. The molecule has 0 aliphatic carbocycles. The van der Waals surface area contributed by atoms with Crippen molar-refractivity contribution in [1.29, 1.82) is 0 Å². The average Bonchev–Trinajstić information content (AvgIpc) is 2.40. The van der Waals surface area contributed by atoms with Gasteiger partial charge in [0, 0.05) is 26.2 Å². The number of ether oxygens (including phenoxy) is 2. The van der Waals surface area contributed by atoms with Crippen LogP contribution in [0.25, 0.3) is 0 Å². The molecule has 2 heterocycles. The fourth-order valence-corrected chi connectivity index (χ4v) is 2.23. The second kappa shape index (κ2) is 5.42. The van der Waals surface area contributed by atoms with Crippen LogP contribution in [0.5, 0.6) is 11.5 Å². The van der Waals surface area contributed by atoms with Gasteiger partial charge in [-0.15, -0.1) is 12.4 Å². The Morgan fingerprint density at radius 3 is 2.29 bits per heavy atom. The van der Waals surface area contributed by atoms with Crippen LogP contribution in [-0.4, -0.2) is 38.4 Å². The van der Waals surface area contributed by atoms with Gasteiger partial charge in [-0.2, -0.15) is 17.6 Å². The Labute approximate surface area is 124 Å². The lowest BCUT2D eigenvalue weighted by Crippen LogP contribution is -2.52. The fourth-order valence-electron chi connectivity index (χ4n) is 2.23. The zero-order valence-corrected chi connectivity index (χ0v) is 11.6. The van der Waals surface area contributed by atoms with Crippen LogP contribution >= 0.6 is 12.4 Å². The molecule has 1 N–H and O–H groups in total. The van der Waals surface area contributed by atoms with E-state index in [4.69, 9.17) is 0 Å². The summed E-state index contributed by atoms with van der Waals surface area (Å²) in [5.74, 6) is -0.720. The van der Waals surface area contributed by atoms with Crippen LogP contribution < -0.4 is 19.7 Å². The second-order valence-corrected chi connectivity index (χ2v) is 4.58. The Balaban J connectivity index is 0.00000161. The standard InChI is InChI=1S/C12H12F4N2O2.ClH/c13-11(14)12(15,16)20-10-8(2-1-3-9(10)19-11)18-6-4-17-5-7-18;/h1-3,17H,4-7H2;1H. The molecule has 3 rings (SSSR count). The van der Waals surface area contributed by atoms with Crippen molar-refractivity contribution in [2.24, 2.45) is 0 Å². The maximum Gasteiger partial charge on any atom is 0.507 e. The lowest BCUT2D eigenvalue weighted by atomic mass is 10.2. The van der Waals surface area contributed by atoms with Gasteiger partial charge in [-0.05, 0) is 12.1 Å². The van der Waals surface area contributed by atoms with Crippen molar-refractivity contribution in [3.63, 3.8) is 0 Å². The van der Waals surface area contributed by atoms with E-state index in [1.807, 2.05) is 0 Å². The SMILES string of the molecule is Cl.FC1(F)Oc2cccc(N3CCNCC3)c2OC1(F)F. The van der Waals surface area contributed by atoms with Crippen molar-refractivity contribution >= 4 is 18.1 Å². The number of anilines is 1. The van der Waals surface area contributed by atoms with E-state index < -0.39 is 12.2 Å². The number of benzene rings is 1. The number of rotatable bonds is 1. The molecule has 1 fully saturated rings. The Bertz CT molecular complexity index is 524. The highest BCUT2D eigenvalue weighted by molar-refractivity contribution is 5.85. The van der Waals surface area contributed by atoms with E-state index in [2.05, 4.69) is 14.8 Å². The summed E-state index contributed by atoms with van der Waals surface area (Å²) in [5.41, 5.74) is 0.333. The highest BCUT2D eigenvalue weighted by atomic mass is 35.5. The van der Waals surface area contributed by atoms with Crippen molar-refractivity contribution in [2.45, 2.75) is 12.2 Å². The van der Waals surface area contributed by atoms with Crippen LogP contribution in [0.1, 0.15) is 0 Å². The zero-order valence-electron chi connectivity index (χ0n) is 10.7. The molecule has 2 aliphatic heterocycles. The molecule has 0 aromatic heterocycles. The van der Waals surface area contributed by atoms with Gasteiger partial charge in [0.15, 0.2) is 11.5 Å². The summed E-state index contributed by atoms with van der Waals surface area (Å²) >= 11 is 0. The van der Waals surface area contributed by atoms with Crippen molar-refractivity contribution < 1.29 is 27.0 Å². The Kier molecular flexibility index (Phi) is 4.12. The average molecular weight is 329 g/mol. The molecule has 0 saturated carbocycles. The van der Waals surface area contributed by atoms with Gasteiger partial charge >= 0.3 is 12.2 Å². The van der Waals surface area contributed by atoms with Crippen LogP contribution in [0.2, 0.25) is 0 Å². The number of fused-ring (bicyclic) bond motifs is 1. The minimum absolute atomic E-state index is 0. The van der Waals surface area contributed by atoms with Crippen molar-refractivity contribution in [3.05, 3.63) is 18.2 Å². The number of alkyl halides is 4. The third-order valence-electron chi connectivity index (χ3n) is 3.22. The van der Waals surface area contributed by atoms with Gasteiger partial charge in [0.2, 0.25) is 0 Å². The number of nitrogens with one attached hydrogen (secondary N) is 1. The van der Waals surface area contributed by atoms with Crippen molar-refractivity contribution in [3.8, 4) is 11.5 Å². The van der Waals surface area contributed by atoms with E-state index in [9.17, 15) is 17.6 Å². The smallest absolute Gasteiger partial charge is 0.421 e. The molecule has 118 valence electrons. The third-order valence-corrected chi connectivity index (χ3v) is 3.22. The number of piperazine rings is 1. The zero-order chi connectivity index (χ0) is 14.4. The number of nitrogens with zero attached hydrogens (tertiary/aromatic N) is 1. The monoisotopic (exact) mass is 328 g/mol. The Hall–Kier alpha value is -1.41. The molecule has 0 amide bonds. The lowest BCUT2D eigenvalue weighted by Gasteiger charge is -2.36. The first-order valence-corrected chi connectivity index (χ1v) is 6.13. The third kappa shape index (κ3) is 2.69. The first kappa shape index (κ1) is 16.0. The summed E-state index contributed by atoms with van der Waals surface area (Å²) in [6.07, 6.45) is -9.37. The quantitative estimate of drug-likeness (QED) is 0.803. The summed E-state index contributed by atoms with van der Waals surface area (Å²) in [6, 6.07) is 4.20. The van der Waals surface area contributed by atoms with Gasteiger partial charge in [0.25, 0.3) is 0 Å². The predicted molar refractivity (Wildman–Crippen MR) is 69.9 cm³/mol. The normalized spacial score (nSPS) is 22.4. The number of halogens is 5. The number of hydrogen-bond donors (Lipinski definition) is 1. The molecule has 1 saturated heterocycles.